The van der Waals surface area contributed by atoms with E-state index >= 15 is 0 Å². The first-order valence-corrected chi connectivity index (χ1v) is 6.83. The van der Waals surface area contributed by atoms with Gasteiger partial charge in [0.05, 0.1) is 11.1 Å². The highest BCUT2D eigenvalue weighted by atomic mass is 16.6. The molecular weight excluding hydrogens is 286 g/mol. The number of esters is 1. The topological polar surface area (TPSA) is 80.8 Å². The second kappa shape index (κ2) is 5.36. The Morgan fingerprint density at radius 3 is 1.86 bits per heavy atom. The Balaban J connectivity index is 2.40. The quantitative estimate of drug-likeness (QED) is 0.481. The molecule has 0 bridgehead atoms. The molecule has 1 atom stereocenters. The zero-order chi connectivity index (χ0) is 16.7. The van der Waals surface area contributed by atoms with Crippen LogP contribution in [0.3, 0.4) is 0 Å². The first-order valence-electron chi connectivity index (χ1n) is 6.83. The molecule has 116 valence electrons. The SMILES string of the molecule is CC(=O)C(C(=O)OC(C)(C)C)N1C(=O)c2ccccc2C1=O. The molecule has 2 rings (SSSR count). The van der Waals surface area contributed by atoms with Crippen LogP contribution in [0.25, 0.3) is 0 Å². The number of Topliss-reactive ketones (excluding diaryl/α,β-unsaturated/α-hetero) is 1. The van der Waals surface area contributed by atoms with E-state index in [4.69, 9.17) is 4.74 Å². The largest absolute Gasteiger partial charge is 0.458 e. The van der Waals surface area contributed by atoms with Crippen LogP contribution in [0.4, 0.5) is 0 Å². The molecule has 22 heavy (non-hydrogen) atoms. The summed E-state index contributed by atoms with van der Waals surface area (Å²) >= 11 is 0. The lowest BCUT2D eigenvalue weighted by atomic mass is 10.1. The molecule has 1 aliphatic rings. The molecule has 1 aromatic carbocycles. The van der Waals surface area contributed by atoms with Crippen LogP contribution in [0, 0.1) is 0 Å². The van der Waals surface area contributed by atoms with Crippen LogP contribution >= 0.6 is 0 Å². The molecule has 0 radical (unpaired) electrons. The van der Waals surface area contributed by atoms with Gasteiger partial charge in [0.2, 0.25) is 0 Å². The lowest BCUT2D eigenvalue weighted by Crippen LogP contribution is -2.51. The number of carbonyl (C=O) groups is 4. The van der Waals surface area contributed by atoms with Gasteiger partial charge in [-0.25, -0.2) is 4.79 Å². The Bertz CT molecular complexity index is 636. The van der Waals surface area contributed by atoms with Crippen LogP contribution in [-0.2, 0) is 14.3 Å². The van der Waals surface area contributed by atoms with Gasteiger partial charge in [-0.2, -0.15) is 0 Å². The number of imide groups is 1. The Hall–Kier alpha value is -2.50. The van der Waals surface area contributed by atoms with Gasteiger partial charge < -0.3 is 4.74 Å². The van der Waals surface area contributed by atoms with Crippen LogP contribution in [0.1, 0.15) is 48.4 Å². The number of carbonyl (C=O) groups excluding carboxylic acids is 4. The molecule has 0 saturated carbocycles. The normalized spacial score (nSPS) is 15.5. The Labute approximate surface area is 128 Å². The molecule has 1 heterocycles. The average Bonchev–Trinajstić information content (AvgIpc) is 2.62. The van der Waals surface area contributed by atoms with Crippen molar-refractivity contribution >= 4 is 23.6 Å². The summed E-state index contributed by atoms with van der Waals surface area (Å²) in [7, 11) is 0. The minimum atomic E-state index is -1.56. The number of amides is 2. The first kappa shape index (κ1) is 15.9. The molecule has 6 nitrogen and oxygen atoms in total. The van der Waals surface area contributed by atoms with Crippen molar-refractivity contribution in [3.05, 3.63) is 35.4 Å². The van der Waals surface area contributed by atoms with E-state index < -0.39 is 35.2 Å². The molecular formula is C16H17NO5. The van der Waals surface area contributed by atoms with Crippen LogP contribution in [-0.4, -0.2) is 40.1 Å². The van der Waals surface area contributed by atoms with Gasteiger partial charge in [0.1, 0.15) is 5.60 Å². The minimum absolute atomic E-state index is 0.183. The summed E-state index contributed by atoms with van der Waals surface area (Å²) in [4.78, 5) is 49.5. The third-order valence-corrected chi connectivity index (χ3v) is 3.10. The molecule has 0 N–H and O–H groups in total. The third kappa shape index (κ3) is 2.77. The maximum atomic E-state index is 12.4. The Morgan fingerprint density at radius 1 is 1.05 bits per heavy atom. The van der Waals surface area contributed by atoms with E-state index in [2.05, 4.69) is 0 Å². The summed E-state index contributed by atoms with van der Waals surface area (Å²) in [5.74, 6) is -2.85. The standard InChI is InChI=1S/C16H17NO5/c1-9(18)12(15(21)22-16(2,3)4)17-13(19)10-7-5-6-8-11(10)14(17)20/h5-8,12H,1-4H3. The lowest BCUT2D eigenvalue weighted by Gasteiger charge is -2.27. The van der Waals surface area contributed by atoms with E-state index in [-0.39, 0.29) is 11.1 Å². The molecule has 0 spiro atoms. The van der Waals surface area contributed by atoms with Crippen molar-refractivity contribution in [3.63, 3.8) is 0 Å². The molecule has 0 fully saturated rings. The van der Waals surface area contributed by atoms with Gasteiger partial charge >= 0.3 is 5.97 Å². The van der Waals surface area contributed by atoms with E-state index in [1.165, 1.54) is 12.1 Å². The summed E-state index contributed by atoms with van der Waals surface area (Å²) in [5, 5.41) is 0. The molecule has 1 unspecified atom stereocenters. The average molecular weight is 303 g/mol. The Morgan fingerprint density at radius 2 is 1.50 bits per heavy atom. The fraction of sp³-hybridized carbons (Fsp3) is 0.375. The van der Waals surface area contributed by atoms with Crippen molar-refractivity contribution in [1.29, 1.82) is 0 Å². The van der Waals surface area contributed by atoms with Crippen molar-refractivity contribution < 1.29 is 23.9 Å². The van der Waals surface area contributed by atoms with Gasteiger partial charge in [0, 0.05) is 0 Å². The van der Waals surface area contributed by atoms with Crippen molar-refractivity contribution in [2.24, 2.45) is 0 Å². The molecule has 0 saturated heterocycles. The zero-order valence-corrected chi connectivity index (χ0v) is 12.9. The molecule has 1 aromatic rings. The van der Waals surface area contributed by atoms with Gasteiger partial charge in [-0.15, -0.1) is 0 Å². The second-order valence-corrected chi connectivity index (χ2v) is 6.07. The summed E-state index contributed by atoms with van der Waals surface area (Å²) in [5.41, 5.74) is -0.465. The van der Waals surface area contributed by atoms with Crippen molar-refractivity contribution in [3.8, 4) is 0 Å². The number of rotatable bonds is 3. The third-order valence-electron chi connectivity index (χ3n) is 3.10. The maximum absolute atomic E-state index is 12.4. The minimum Gasteiger partial charge on any atom is -0.458 e. The highest BCUT2D eigenvalue weighted by Crippen LogP contribution is 2.26. The zero-order valence-electron chi connectivity index (χ0n) is 12.9. The van der Waals surface area contributed by atoms with Crippen molar-refractivity contribution in [1.82, 2.24) is 4.90 Å². The summed E-state index contributed by atoms with van der Waals surface area (Å²) in [6.07, 6.45) is 0. The molecule has 1 aliphatic heterocycles. The van der Waals surface area contributed by atoms with E-state index in [1.54, 1.807) is 32.9 Å². The number of hydrogen-bond donors (Lipinski definition) is 0. The fourth-order valence-electron chi connectivity index (χ4n) is 2.25. The monoisotopic (exact) mass is 303 g/mol. The van der Waals surface area contributed by atoms with Crippen molar-refractivity contribution in [2.75, 3.05) is 0 Å². The highest BCUT2D eigenvalue weighted by molar-refractivity contribution is 6.25. The summed E-state index contributed by atoms with van der Waals surface area (Å²) in [6, 6.07) is 4.64. The molecule has 2 amide bonds. The summed E-state index contributed by atoms with van der Waals surface area (Å²) in [6.45, 7) is 6.08. The number of ether oxygens (including phenoxy) is 1. The van der Waals surface area contributed by atoms with Crippen LogP contribution < -0.4 is 0 Å². The predicted molar refractivity (Wildman–Crippen MR) is 77.3 cm³/mol. The van der Waals surface area contributed by atoms with Gasteiger partial charge in [-0.1, -0.05) is 12.1 Å². The van der Waals surface area contributed by atoms with Gasteiger partial charge in [-0.3, -0.25) is 19.3 Å². The van der Waals surface area contributed by atoms with Crippen LogP contribution in [0.5, 0.6) is 0 Å². The number of fused-ring (bicyclic) bond motifs is 1. The van der Waals surface area contributed by atoms with Crippen LogP contribution in [0.15, 0.2) is 24.3 Å². The first-order chi connectivity index (χ1) is 10.1. The fourth-order valence-corrected chi connectivity index (χ4v) is 2.25. The van der Waals surface area contributed by atoms with E-state index in [1.807, 2.05) is 0 Å². The molecule has 6 heteroatoms. The van der Waals surface area contributed by atoms with Crippen LogP contribution in [0.2, 0.25) is 0 Å². The number of hydrogen-bond acceptors (Lipinski definition) is 5. The van der Waals surface area contributed by atoms with E-state index in [0.717, 1.165) is 6.92 Å². The maximum Gasteiger partial charge on any atom is 0.337 e. The highest BCUT2D eigenvalue weighted by Gasteiger charge is 2.46. The van der Waals surface area contributed by atoms with Crippen molar-refractivity contribution in [2.45, 2.75) is 39.3 Å². The second-order valence-electron chi connectivity index (χ2n) is 6.07. The molecule has 0 aromatic heterocycles. The predicted octanol–water partition coefficient (Wildman–Crippen LogP) is 1.58. The smallest absolute Gasteiger partial charge is 0.337 e. The van der Waals surface area contributed by atoms with Gasteiger partial charge in [-0.05, 0) is 39.8 Å². The lowest BCUT2D eigenvalue weighted by molar-refractivity contribution is -0.161. The van der Waals surface area contributed by atoms with E-state index in [9.17, 15) is 19.2 Å². The number of ketones is 1. The molecule has 0 aliphatic carbocycles. The van der Waals surface area contributed by atoms with Gasteiger partial charge in [0.25, 0.3) is 11.8 Å². The summed E-state index contributed by atoms with van der Waals surface area (Å²) < 4.78 is 5.16. The van der Waals surface area contributed by atoms with E-state index in [0.29, 0.717) is 4.90 Å². The Kier molecular flexibility index (Phi) is 3.87. The number of benzene rings is 1. The number of nitrogens with zero attached hydrogens (tertiary/aromatic N) is 1. The van der Waals surface area contributed by atoms with Gasteiger partial charge in [0.15, 0.2) is 11.8 Å².